The highest BCUT2D eigenvalue weighted by Gasteiger charge is 2.28. The summed E-state index contributed by atoms with van der Waals surface area (Å²) >= 11 is 2.55. The molecule has 0 aliphatic heterocycles. The Morgan fingerprint density at radius 1 is 1.21 bits per heavy atom. The maximum atomic E-state index is 12.6. The number of aromatic nitrogens is 2. The van der Waals surface area contributed by atoms with Gasteiger partial charge in [0.2, 0.25) is 5.91 Å². The van der Waals surface area contributed by atoms with Crippen LogP contribution in [0.5, 0.6) is 11.5 Å². The van der Waals surface area contributed by atoms with Crippen LogP contribution < -0.4 is 14.8 Å². The van der Waals surface area contributed by atoms with Crippen LogP contribution in [0.1, 0.15) is 34.1 Å². The van der Waals surface area contributed by atoms with Crippen molar-refractivity contribution in [2.24, 2.45) is 0 Å². The minimum Gasteiger partial charge on any atom is -0.497 e. The molecular formula is C22H23N3O6S2. The standard InChI is InChI=1S/C22H23N3O6S2/c1-4-30-21(27)18-13-6-5-7-16(13)33-20(18)23-17(26)11-32-22-25-24-19(31-22)14-10-12(28-2)8-9-15(14)29-3/h8-10H,4-7,11H2,1-3H3,(H,23,26). The molecule has 1 N–H and O–H groups in total. The summed E-state index contributed by atoms with van der Waals surface area (Å²) in [5.74, 6) is 0.816. The van der Waals surface area contributed by atoms with E-state index in [0.29, 0.717) is 27.6 Å². The monoisotopic (exact) mass is 489 g/mol. The molecule has 3 aromatic rings. The minimum absolute atomic E-state index is 0.0434. The summed E-state index contributed by atoms with van der Waals surface area (Å²) in [5, 5.41) is 11.7. The Balaban J connectivity index is 1.43. The third-order valence-electron chi connectivity index (χ3n) is 5.02. The van der Waals surface area contributed by atoms with E-state index < -0.39 is 5.97 Å². The van der Waals surface area contributed by atoms with Gasteiger partial charge < -0.3 is 23.9 Å². The zero-order valence-corrected chi connectivity index (χ0v) is 20.1. The van der Waals surface area contributed by atoms with Crippen LogP contribution in [-0.2, 0) is 22.4 Å². The summed E-state index contributed by atoms with van der Waals surface area (Å²) in [6, 6.07) is 5.25. The van der Waals surface area contributed by atoms with Gasteiger partial charge in [-0.1, -0.05) is 11.8 Å². The number of carbonyl (C=O) groups excluding carboxylic acids is 2. The van der Waals surface area contributed by atoms with E-state index in [9.17, 15) is 9.59 Å². The Kier molecular flexibility index (Phi) is 7.19. The van der Waals surface area contributed by atoms with Gasteiger partial charge in [0.15, 0.2) is 0 Å². The minimum atomic E-state index is -0.395. The van der Waals surface area contributed by atoms with E-state index in [-0.39, 0.29) is 29.4 Å². The second kappa shape index (κ2) is 10.3. The number of thiophene rings is 1. The van der Waals surface area contributed by atoms with Gasteiger partial charge in [0, 0.05) is 4.88 Å². The summed E-state index contributed by atoms with van der Waals surface area (Å²) in [6.45, 7) is 2.05. The third-order valence-corrected chi connectivity index (χ3v) is 7.05. The van der Waals surface area contributed by atoms with Crippen LogP contribution in [-0.4, -0.2) is 48.7 Å². The second-order valence-electron chi connectivity index (χ2n) is 7.06. The lowest BCUT2D eigenvalue weighted by molar-refractivity contribution is -0.113. The summed E-state index contributed by atoms with van der Waals surface area (Å²) in [7, 11) is 3.11. The number of ether oxygens (including phenoxy) is 3. The predicted molar refractivity (Wildman–Crippen MR) is 124 cm³/mol. The first-order valence-electron chi connectivity index (χ1n) is 10.3. The van der Waals surface area contributed by atoms with Crippen molar-refractivity contribution in [2.75, 3.05) is 31.9 Å². The van der Waals surface area contributed by atoms with Crippen molar-refractivity contribution in [3.8, 4) is 23.0 Å². The molecule has 1 aliphatic rings. The molecule has 174 valence electrons. The highest BCUT2D eigenvalue weighted by Crippen LogP contribution is 2.40. The Hall–Kier alpha value is -3.05. The van der Waals surface area contributed by atoms with Crippen molar-refractivity contribution in [2.45, 2.75) is 31.4 Å². The molecule has 0 bridgehead atoms. The maximum Gasteiger partial charge on any atom is 0.341 e. The molecule has 1 amide bonds. The third kappa shape index (κ3) is 4.98. The van der Waals surface area contributed by atoms with Gasteiger partial charge >= 0.3 is 5.97 Å². The van der Waals surface area contributed by atoms with Gasteiger partial charge in [0.1, 0.15) is 16.5 Å². The van der Waals surface area contributed by atoms with Crippen LogP contribution in [0.3, 0.4) is 0 Å². The van der Waals surface area contributed by atoms with E-state index in [1.54, 1.807) is 39.3 Å². The zero-order chi connectivity index (χ0) is 23.4. The lowest BCUT2D eigenvalue weighted by Crippen LogP contribution is -2.16. The molecule has 11 heteroatoms. The summed E-state index contributed by atoms with van der Waals surface area (Å²) in [4.78, 5) is 26.2. The van der Waals surface area contributed by atoms with E-state index in [0.717, 1.165) is 41.5 Å². The van der Waals surface area contributed by atoms with Gasteiger partial charge in [0.25, 0.3) is 11.1 Å². The second-order valence-corrected chi connectivity index (χ2v) is 9.09. The van der Waals surface area contributed by atoms with E-state index in [1.807, 2.05) is 0 Å². The van der Waals surface area contributed by atoms with Gasteiger partial charge in [-0.15, -0.1) is 21.5 Å². The number of aryl methyl sites for hydroxylation is 1. The van der Waals surface area contributed by atoms with Crippen molar-refractivity contribution < 1.29 is 28.2 Å². The number of thioether (sulfide) groups is 1. The van der Waals surface area contributed by atoms with E-state index in [2.05, 4.69) is 15.5 Å². The molecule has 0 atom stereocenters. The molecule has 1 aliphatic carbocycles. The molecule has 0 radical (unpaired) electrons. The first kappa shape index (κ1) is 23.1. The van der Waals surface area contributed by atoms with Gasteiger partial charge in [-0.3, -0.25) is 4.79 Å². The summed E-state index contributed by atoms with van der Waals surface area (Å²) in [6.07, 6.45) is 2.74. The van der Waals surface area contributed by atoms with Crippen LogP contribution in [0.4, 0.5) is 5.00 Å². The Bertz CT molecular complexity index is 1170. The van der Waals surface area contributed by atoms with Gasteiger partial charge in [-0.25, -0.2) is 4.79 Å². The van der Waals surface area contributed by atoms with Crippen LogP contribution >= 0.6 is 23.1 Å². The Morgan fingerprint density at radius 2 is 2.06 bits per heavy atom. The number of methoxy groups -OCH3 is 2. The van der Waals surface area contributed by atoms with Crippen molar-refractivity contribution in [3.63, 3.8) is 0 Å². The number of nitrogens with one attached hydrogen (secondary N) is 1. The molecule has 2 aromatic heterocycles. The average Bonchev–Trinajstić information content (AvgIpc) is 3.53. The zero-order valence-electron chi connectivity index (χ0n) is 18.4. The number of benzene rings is 1. The number of esters is 1. The van der Waals surface area contributed by atoms with E-state index in [1.165, 1.54) is 11.3 Å². The fraction of sp³-hybridized carbons (Fsp3) is 0.364. The van der Waals surface area contributed by atoms with Crippen LogP contribution in [0.15, 0.2) is 27.8 Å². The van der Waals surface area contributed by atoms with Crippen LogP contribution in [0, 0.1) is 0 Å². The van der Waals surface area contributed by atoms with Crippen molar-refractivity contribution >= 4 is 40.0 Å². The number of amides is 1. The lowest BCUT2D eigenvalue weighted by Gasteiger charge is -2.07. The molecule has 4 rings (SSSR count). The van der Waals surface area contributed by atoms with Crippen molar-refractivity contribution in [3.05, 3.63) is 34.2 Å². The van der Waals surface area contributed by atoms with Crippen molar-refractivity contribution in [1.29, 1.82) is 0 Å². The number of hydrogen-bond donors (Lipinski definition) is 1. The SMILES string of the molecule is CCOC(=O)c1c(NC(=O)CSc2nnc(-c3cc(OC)ccc3OC)o2)sc2c1CCC2. The van der Waals surface area contributed by atoms with Crippen LogP contribution in [0.2, 0.25) is 0 Å². The molecule has 9 nitrogen and oxygen atoms in total. The fourth-order valence-electron chi connectivity index (χ4n) is 3.56. The number of nitrogens with zero attached hydrogens (tertiary/aromatic N) is 2. The highest BCUT2D eigenvalue weighted by molar-refractivity contribution is 7.99. The number of anilines is 1. The fourth-order valence-corrected chi connectivity index (χ4v) is 5.42. The number of hydrogen-bond acceptors (Lipinski definition) is 10. The van der Waals surface area contributed by atoms with Crippen LogP contribution in [0.25, 0.3) is 11.5 Å². The molecule has 1 aromatic carbocycles. The smallest absolute Gasteiger partial charge is 0.341 e. The average molecular weight is 490 g/mol. The first-order valence-corrected chi connectivity index (χ1v) is 12.1. The lowest BCUT2D eigenvalue weighted by atomic mass is 10.1. The van der Waals surface area contributed by atoms with E-state index >= 15 is 0 Å². The van der Waals surface area contributed by atoms with Gasteiger partial charge in [0.05, 0.1) is 37.7 Å². The summed E-state index contributed by atoms with van der Waals surface area (Å²) < 4.78 is 21.5. The van der Waals surface area contributed by atoms with Crippen molar-refractivity contribution in [1.82, 2.24) is 10.2 Å². The maximum absolute atomic E-state index is 12.6. The van der Waals surface area contributed by atoms with Gasteiger partial charge in [-0.05, 0) is 49.9 Å². The number of carbonyl (C=O) groups is 2. The molecular weight excluding hydrogens is 466 g/mol. The predicted octanol–water partition coefficient (Wildman–Crippen LogP) is 4.21. The van der Waals surface area contributed by atoms with Gasteiger partial charge in [-0.2, -0.15) is 0 Å². The normalized spacial score (nSPS) is 12.3. The topological polar surface area (TPSA) is 113 Å². The van der Waals surface area contributed by atoms with E-state index in [4.69, 9.17) is 18.6 Å². The molecule has 0 spiro atoms. The molecule has 0 saturated heterocycles. The summed E-state index contributed by atoms with van der Waals surface area (Å²) in [5.41, 5.74) is 2.07. The molecule has 2 heterocycles. The molecule has 33 heavy (non-hydrogen) atoms. The quantitative estimate of drug-likeness (QED) is 0.349. The first-order chi connectivity index (χ1) is 16.0. The molecule has 0 unspecified atom stereocenters. The molecule has 0 saturated carbocycles. The Morgan fingerprint density at radius 3 is 2.82 bits per heavy atom. The molecule has 0 fully saturated rings. The highest BCUT2D eigenvalue weighted by atomic mass is 32.2. The number of fused-ring (bicyclic) bond motifs is 1. The largest absolute Gasteiger partial charge is 0.497 e. The Labute approximate surface area is 198 Å². The number of rotatable bonds is 9.